The Kier molecular flexibility index (Phi) is 6.06. The lowest BCUT2D eigenvalue weighted by Gasteiger charge is -2.08. The highest BCUT2D eigenvalue weighted by molar-refractivity contribution is 6.42. The van der Waals surface area contributed by atoms with Crippen molar-refractivity contribution in [1.29, 1.82) is 0 Å². The molecule has 8 heteroatoms. The Morgan fingerprint density at radius 3 is 2.44 bits per heavy atom. The second-order valence-electron chi connectivity index (χ2n) is 5.12. The SMILES string of the molecule is Cl.Cn1c(-c2ccc(Cl)c(Cl)c2)cnc1NC(=O)c1ccc(F)cc1. The zero-order valence-corrected chi connectivity index (χ0v) is 15.3. The summed E-state index contributed by atoms with van der Waals surface area (Å²) in [6.45, 7) is 0. The predicted octanol–water partition coefficient (Wildman–Crippen LogP) is 5.21. The van der Waals surface area contributed by atoms with Crippen molar-refractivity contribution in [2.45, 2.75) is 0 Å². The zero-order valence-electron chi connectivity index (χ0n) is 13.0. The van der Waals surface area contributed by atoms with Gasteiger partial charge in [-0.2, -0.15) is 0 Å². The van der Waals surface area contributed by atoms with E-state index in [1.54, 1.807) is 29.9 Å². The summed E-state index contributed by atoms with van der Waals surface area (Å²) in [6.07, 6.45) is 1.62. The largest absolute Gasteiger partial charge is 0.313 e. The standard InChI is InChI=1S/C17H12Cl2FN3O.ClH/c1-23-15(11-4-7-13(18)14(19)8-11)9-21-17(23)22-16(24)10-2-5-12(20)6-3-10;/h2-9H,1H3,(H,21,22,24);1H. The molecule has 130 valence electrons. The molecule has 3 aromatic rings. The first kappa shape index (κ1) is 19.2. The van der Waals surface area contributed by atoms with Gasteiger partial charge in [-0.25, -0.2) is 9.37 Å². The summed E-state index contributed by atoms with van der Waals surface area (Å²) in [6, 6.07) is 10.5. The van der Waals surface area contributed by atoms with Crippen molar-refractivity contribution < 1.29 is 9.18 Å². The number of rotatable bonds is 3. The minimum absolute atomic E-state index is 0. The zero-order chi connectivity index (χ0) is 17.3. The van der Waals surface area contributed by atoms with Crippen LogP contribution in [-0.4, -0.2) is 15.5 Å². The summed E-state index contributed by atoms with van der Waals surface area (Å²) in [5.41, 5.74) is 1.93. The van der Waals surface area contributed by atoms with Gasteiger partial charge in [-0.1, -0.05) is 29.3 Å². The second kappa shape index (κ2) is 7.87. The van der Waals surface area contributed by atoms with E-state index in [0.717, 1.165) is 11.3 Å². The minimum Gasteiger partial charge on any atom is -0.313 e. The molecular formula is C17H13Cl3FN3O. The van der Waals surface area contributed by atoms with E-state index in [4.69, 9.17) is 23.2 Å². The van der Waals surface area contributed by atoms with E-state index >= 15 is 0 Å². The molecule has 25 heavy (non-hydrogen) atoms. The quantitative estimate of drug-likeness (QED) is 0.656. The number of hydrogen-bond acceptors (Lipinski definition) is 2. The van der Waals surface area contributed by atoms with Crippen LogP contribution < -0.4 is 5.32 Å². The lowest BCUT2D eigenvalue weighted by Crippen LogP contribution is -2.15. The van der Waals surface area contributed by atoms with E-state index < -0.39 is 5.82 Å². The molecule has 0 bridgehead atoms. The molecule has 2 aromatic carbocycles. The van der Waals surface area contributed by atoms with E-state index in [1.807, 2.05) is 6.07 Å². The third kappa shape index (κ3) is 4.12. The van der Waals surface area contributed by atoms with Gasteiger partial charge < -0.3 is 4.57 Å². The highest BCUT2D eigenvalue weighted by Crippen LogP contribution is 2.29. The number of nitrogens with zero attached hydrogens (tertiary/aromatic N) is 2. The lowest BCUT2D eigenvalue weighted by molar-refractivity contribution is 0.102. The Balaban J connectivity index is 0.00000225. The van der Waals surface area contributed by atoms with Gasteiger partial charge in [-0.3, -0.25) is 10.1 Å². The van der Waals surface area contributed by atoms with Crippen LogP contribution in [0.4, 0.5) is 10.3 Å². The smallest absolute Gasteiger partial charge is 0.257 e. The van der Waals surface area contributed by atoms with Crippen LogP contribution in [0.2, 0.25) is 10.0 Å². The highest BCUT2D eigenvalue weighted by atomic mass is 35.5. The number of aromatic nitrogens is 2. The first-order valence-corrected chi connectivity index (χ1v) is 7.75. The molecule has 1 heterocycles. The van der Waals surface area contributed by atoms with Crippen LogP contribution in [-0.2, 0) is 7.05 Å². The molecule has 3 rings (SSSR count). The number of benzene rings is 2. The van der Waals surface area contributed by atoms with Gasteiger partial charge in [0.2, 0.25) is 5.95 Å². The number of amides is 1. The fourth-order valence-electron chi connectivity index (χ4n) is 2.22. The molecule has 4 nitrogen and oxygen atoms in total. The van der Waals surface area contributed by atoms with Crippen molar-refractivity contribution in [3.8, 4) is 11.3 Å². The van der Waals surface area contributed by atoms with E-state index in [2.05, 4.69) is 10.3 Å². The molecule has 0 unspecified atom stereocenters. The van der Waals surface area contributed by atoms with Gasteiger partial charge in [0.25, 0.3) is 5.91 Å². The Morgan fingerprint density at radius 2 is 1.80 bits per heavy atom. The molecule has 0 aliphatic carbocycles. The highest BCUT2D eigenvalue weighted by Gasteiger charge is 2.13. The number of carbonyl (C=O) groups excluding carboxylic acids is 1. The molecule has 0 saturated heterocycles. The average Bonchev–Trinajstić information content (AvgIpc) is 2.91. The van der Waals surface area contributed by atoms with Gasteiger partial charge in [0.1, 0.15) is 5.82 Å². The Hall–Kier alpha value is -2.08. The van der Waals surface area contributed by atoms with Crippen LogP contribution in [0.1, 0.15) is 10.4 Å². The number of nitrogens with one attached hydrogen (secondary N) is 1. The summed E-state index contributed by atoms with van der Waals surface area (Å²) in [4.78, 5) is 16.4. The summed E-state index contributed by atoms with van der Waals surface area (Å²) < 4.78 is 14.6. The fraction of sp³-hybridized carbons (Fsp3) is 0.0588. The van der Waals surface area contributed by atoms with Crippen molar-refractivity contribution in [3.05, 3.63) is 70.1 Å². The van der Waals surface area contributed by atoms with Crippen molar-refractivity contribution >= 4 is 47.5 Å². The van der Waals surface area contributed by atoms with Gasteiger partial charge in [-0.05, 0) is 36.4 Å². The maximum Gasteiger partial charge on any atom is 0.257 e. The number of anilines is 1. The van der Waals surface area contributed by atoms with E-state index in [0.29, 0.717) is 21.6 Å². The normalized spacial score (nSPS) is 10.2. The van der Waals surface area contributed by atoms with E-state index in [-0.39, 0.29) is 18.3 Å². The first-order chi connectivity index (χ1) is 11.5. The summed E-state index contributed by atoms with van der Waals surface area (Å²) in [5.74, 6) is -0.403. The van der Waals surface area contributed by atoms with E-state index in [1.165, 1.54) is 24.3 Å². The van der Waals surface area contributed by atoms with Crippen molar-refractivity contribution in [2.75, 3.05) is 5.32 Å². The Bertz CT molecular complexity index is 910. The number of imidazole rings is 1. The van der Waals surface area contributed by atoms with Gasteiger partial charge in [0.15, 0.2) is 0 Å². The second-order valence-corrected chi connectivity index (χ2v) is 5.93. The summed E-state index contributed by atoms with van der Waals surface area (Å²) in [5, 5.41) is 3.60. The fourth-order valence-corrected chi connectivity index (χ4v) is 2.52. The Labute approximate surface area is 160 Å². The van der Waals surface area contributed by atoms with Gasteiger partial charge >= 0.3 is 0 Å². The third-order valence-corrected chi connectivity index (χ3v) is 4.27. The van der Waals surface area contributed by atoms with Crippen LogP contribution >= 0.6 is 35.6 Å². The molecular weight excluding hydrogens is 388 g/mol. The van der Waals surface area contributed by atoms with Crippen LogP contribution in [0.5, 0.6) is 0 Å². The number of hydrogen-bond donors (Lipinski definition) is 1. The Morgan fingerprint density at radius 1 is 1.12 bits per heavy atom. The molecule has 0 radical (unpaired) electrons. The lowest BCUT2D eigenvalue weighted by atomic mass is 10.2. The molecule has 1 aromatic heterocycles. The summed E-state index contributed by atoms with van der Waals surface area (Å²) in [7, 11) is 1.77. The first-order valence-electron chi connectivity index (χ1n) is 7.00. The van der Waals surface area contributed by atoms with E-state index in [9.17, 15) is 9.18 Å². The molecule has 0 spiro atoms. The van der Waals surface area contributed by atoms with Crippen molar-refractivity contribution in [1.82, 2.24) is 9.55 Å². The van der Waals surface area contributed by atoms with Crippen molar-refractivity contribution in [2.24, 2.45) is 7.05 Å². The maximum absolute atomic E-state index is 12.9. The third-order valence-electron chi connectivity index (χ3n) is 3.54. The predicted molar refractivity (Wildman–Crippen MR) is 100 cm³/mol. The maximum atomic E-state index is 12.9. The van der Waals surface area contributed by atoms with Gasteiger partial charge in [-0.15, -0.1) is 12.4 Å². The van der Waals surface area contributed by atoms with Crippen LogP contribution in [0.25, 0.3) is 11.3 Å². The van der Waals surface area contributed by atoms with Crippen LogP contribution in [0.15, 0.2) is 48.7 Å². The number of carbonyl (C=O) groups is 1. The molecule has 0 aliphatic rings. The van der Waals surface area contributed by atoms with Crippen LogP contribution in [0.3, 0.4) is 0 Å². The molecule has 0 atom stereocenters. The molecule has 1 amide bonds. The van der Waals surface area contributed by atoms with Gasteiger partial charge in [0.05, 0.1) is 21.9 Å². The van der Waals surface area contributed by atoms with Crippen LogP contribution in [0, 0.1) is 5.82 Å². The van der Waals surface area contributed by atoms with Crippen molar-refractivity contribution in [3.63, 3.8) is 0 Å². The molecule has 0 fully saturated rings. The average molecular weight is 401 g/mol. The molecule has 1 N–H and O–H groups in total. The number of halogens is 4. The monoisotopic (exact) mass is 399 g/mol. The van der Waals surface area contributed by atoms with Gasteiger partial charge in [0, 0.05) is 18.2 Å². The molecule has 0 saturated carbocycles. The summed E-state index contributed by atoms with van der Waals surface area (Å²) >= 11 is 12.0. The minimum atomic E-state index is -0.398. The topological polar surface area (TPSA) is 46.9 Å². The molecule has 0 aliphatic heterocycles.